The van der Waals surface area contributed by atoms with Crippen molar-refractivity contribution in [3.05, 3.63) is 65.2 Å². The molecule has 1 aliphatic heterocycles. The summed E-state index contributed by atoms with van der Waals surface area (Å²) in [6, 6.07) is 15.7. The quantitative estimate of drug-likeness (QED) is 0.648. The number of hydrogen-bond donors (Lipinski definition) is 1. The van der Waals surface area contributed by atoms with Gasteiger partial charge in [0.1, 0.15) is 0 Å². The average molecular weight is 425 g/mol. The molecule has 1 aliphatic rings. The van der Waals surface area contributed by atoms with Gasteiger partial charge in [-0.3, -0.25) is 9.69 Å². The van der Waals surface area contributed by atoms with E-state index in [0.29, 0.717) is 17.8 Å². The predicted octanol–water partition coefficient (Wildman–Crippen LogP) is 3.90. The first-order valence-electron chi connectivity index (χ1n) is 10.7. The van der Waals surface area contributed by atoms with E-state index in [1.807, 2.05) is 32.9 Å². The Morgan fingerprint density at radius 2 is 1.65 bits per heavy atom. The Morgan fingerprint density at radius 3 is 2.32 bits per heavy atom. The van der Waals surface area contributed by atoms with E-state index < -0.39 is 11.4 Å². The molecule has 6 nitrogen and oxygen atoms in total. The molecule has 0 amide bonds. The van der Waals surface area contributed by atoms with E-state index in [4.69, 9.17) is 9.47 Å². The van der Waals surface area contributed by atoms with Crippen LogP contribution in [-0.2, 0) is 27.4 Å². The molecule has 1 heterocycles. The number of ether oxygens (including phenoxy) is 2. The van der Waals surface area contributed by atoms with E-state index in [1.54, 1.807) is 12.1 Å². The molecule has 3 rings (SSSR count). The van der Waals surface area contributed by atoms with Crippen molar-refractivity contribution in [1.82, 2.24) is 4.90 Å². The SMILES string of the molecule is CC(C)(C)C(=O)COC(=O)c1ccccc1NCc1ccc(CN2CCOCC2)cc1. The van der Waals surface area contributed by atoms with Crippen molar-refractivity contribution in [2.75, 3.05) is 38.2 Å². The van der Waals surface area contributed by atoms with E-state index >= 15 is 0 Å². The van der Waals surface area contributed by atoms with Crippen molar-refractivity contribution in [3.63, 3.8) is 0 Å². The van der Waals surface area contributed by atoms with Crippen LogP contribution in [0, 0.1) is 5.41 Å². The second-order valence-electron chi connectivity index (χ2n) is 8.85. The summed E-state index contributed by atoms with van der Waals surface area (Å²) in [5.41, 5.74) is 2.97. The number of nitrogens with one attached hydrogen (secondary N) is 1. The first kappa shape index (κ1) is 23.0. The maximum absolute atomic E-state index is 12.5. The van der Waals surface area contributed by atoms with Gasteiger partial charge in [-0.25, -0.2) is 4.79 Å². The highest BCUT2D eigenvalue weighted by atomic mass is 16.5. The van der Waals surface area contributed by atoms with Gasteiger partial charge >= 0.3 is 5.97 Å². The van der Waals surface area contributed by atoms with Crippen molar-refractivity contribution in [2.24, 2.45) is 5.41 Å². The summed E-state index contributed by atoms with van der Waals surface area (Å²) >= 11 is 0. The number of nitrogens with zero attached hydrogens (tertiary/aromatic N) is 1. The van der Waals surface area contributed by atoms with Crippen molar-refractivity contribution >= 4 is 17.4 Å². The number of ketones is 1. The third kappa shape index (κ3) is 6.91. The summed E-state index contributed by atoms with van der Waals surface area (Å²) in [6.07, 6.45) is 0. The molecule has 0 aromatic heterocycles. The Bertz CT molecular complexity index is 881. The number of Topliss-reactive ketones (excluding diaryl/α,β-unsaturated/α-hetero) is 1. The molecule has 0 radical (unpaired) electrons. The molecule has 2 aromatic carbocycles. The van der Waals surface area contributed by atoms with E-state index in [-0.39, 0.29) is 12.4 Å². The number of esters is 1. The van der Waals surface area contributed by atoms with Crippen molar-refractivity contribution in [3.8, 4) is 0 Å². The maximum Gasteiger partial charge on any atom is 0.340 e. The number of para-hydroxylation sites is 1. The molecule has 0 aliphatic carbocycles. The lowest BCUT2D eigenvalue weighted by molar-refractivity contribution is -0.129. The minimum atomic E-state index is -0.536. The number of hydrogen-bond acceptors (Lipinski definition) is 6. The highest BCUT2D eigenvalue weighted by molar-refractivity contribution is 5.97. The zero-order valence-electron chi connectivity index (χ0n) is 18.6. The maximum atomic E-state index is 12.5. The van der Waals surface area contributed by atoms with Crippen LogP contribution in [-0.4, -0.2) is 49.6 Å². The minimum Gasteiger partial charge on any atom is -0.454 e. The van der Waals surface area contributed by atoms with Crippen LogP contribution in [0.15, 0.2) is 48.5 Å². The molecule has 31 heavy (non-hydrogen) atoms. The number of anilines is 1. The van der Waals surface area contributed by atoms with Crippen LogP contribution in [0.5, 0.6) is 0 Å². The summed E-state index contributed by atoms with van der Waals surface area (Å²) in [6.45, 7) is 10.3. The fourth-order valence-electron chi connectivity index (χ4n) is 3.22. The van der Waals surface area contributed by atoms with Crippen LogP contribution in [0.4, 0.5) is 5.69 Å². The molecule has 6 heteroatoms. The zero-order chi connectivity index (χ0) is 22.3. The lowest BCUT2D eigenvalue weighted by atomic mass is 9.91. The molecule has 1 saturated heterocycles. The molecule has 0 atom stereocenters. The van der Waals surface area contributed by atoms with Gasteiger partial charge in [-0.1, -0.05) is 57.2 Å². The Morgan fingerprint density at radius 1 is 1.00 bits per heavy atom. The number of carbonyl (C=O) groups is 2. The second-order valence-corrected chi connectivity index (χ2v) is 8.85. The van der Waals surface area contributed by atoms with Gasteiger partial charge in [-0.05, 0) is 23.3 Å². The Kier molecular flexibility index (Phi) is 7.82. The van der Waals surface area contributed by atoms with E-state index in [9.17, 15) is 9.59 Å². The first-order chi connectivity index (χ1) is 14.8. The first-order valence-corrected chi connectivity index (χ1v) is 10.7. The molecule has 0 saturated carbocycles. The molecule has 166 valence electrons. The topological polar surface area (TPSA) is 67.9 Å². The van der Waals surface area contributed by atoms with Crippen LogP contribution in [0.2, 0.25) is 0 Å². The van der Waals surface area contributed by atoms with Crippen LogP contribution < -0.4 is 5.32 Å². The van der Waals surface area contributed by atoms with Crippen LogP contribution >= 0.6 is 0 Å². The van der Waals surface area contributed by atoms with Gasteiger partial charge in [0.2, 0.25) is 0 Å². The molecular formula is C25H32N2O4. The fourth-order valence-corrected chi connectivity index (χ4v) is 3.22. The van der Waals surface area contributed by atoms with Gasteiger partial charge < -0.3 is 14.8 Å². The number of morpholine rings is 1. The third-order valence-corrected chi connectivity index (χ3v) is 5.33. The molecule has 1 N–H and O–H groups in total. The van der Waals surface area contributed by atoms with Crippen LogP contribution in [0.1, 0.15) is 42.3 Å². The van der Waals surface area contributed by atoms with Gasteiger partial charge in [-0.15, -0.1) is 0 Å². The van der Waals surface area contributed by atoms with Gasteiger partial charge in [0, 0.05) is 37.3 Å². The monoisotopic (exact) mass is 424 g/mol. The average Bonchev–Trinajstić information content (AvgIpc) is 2.77. The highest BCUT2D eigenvalue weighted by Gasteiger charge is 2.23. The fraction of sp³-hybridized carbons (Fsp3) is 0.440. The molecule has 1 fully saturated rings. The van der Waals surface area contributed by atoms with Gasteiger partial charge in [0.15, 0.2) is 12.4 Å². The molecule has 0 unspecified atom stereocenters. The summed E-state index contributed by atoms with van der Waals surface area (Å²) in [5, 5.41) is 3.32. The highest BCUT2D eigenvalue weighted by Crippen LogP contribution is 2.19. The predicted molar refractivity (Wildman–Crippen MR) is 121 cm³/mol. The zero-order valence-corrected chi connectivity index (χ0v) is 18.6. The molecule has 0 bridgehead atoms. The third-order valence-electron chi connectivity index (χ3n) is 5.33. The summed E-state index contributed by atoms with van der Waals surface area (Å²) < 4.78 is 10.7. The standard InChI is InChI=1S/C25H32N2O4/c1-25(2,3)23(28)18-31-24(29)21-6-4-5-7-22(21)26-16-19-8-10-20(11-9-19)17-27-12-14-30-15-13-27/h4-11,26H,12-18H2,1-3H3. The number of carbonyl (C=O) groups excluding carboxylic acids is 2. The summed E-state index contributed by atoms with van der Waals surface area (Å²) in [5.74, 6) is -0.606. The Labute approximate surface area is 184 Å². The number of rotatable bonds is 8. The smallest absolute Gasteiger partial charge is 0.340 e. The van der Waals surface area contributed by atoms with E-state index in [1.165, 1.54) is 5.56 Å². The molecular weight excluding hydrogens is 392 g/mol. The molecule has 2 aromatic rings. The summed E-state index contributed by atoms with van der Waals surface area (Å²) in [7, 11) is 0. The minimum absolute atomic E-state index is 0.108. The van der Waals surface area contributed by atoms with Crippen molar-refractivity contribution in [2.45, 2.75) is 33.9 Å². The van der Waals surface area contributed by atoms with Crippen LogP contribution in [0.3, 0.4) is 0 Å². The van der Waals surface area contributed by atoms with Gasteiger partial charge in [0.25, 0.3) is 0 Å². The van der Waals surface area contributed by atoms with Crippen molar-refractivity contribution in [1.29, 1.82) is 0 Å². The largest absolute Gasteiger partial charge is 0.454 e. The van der Waals surface area contributed by atoms with Crippen molar-refractivity contribution < 1.29 is 19.1 Å². The summed E-state index contributed by atoms with van der Waals surface area (Å²) in [4.78, 5) is 27.0. The van der Waals surface area contributed by atoms with E-state index in [2.05, 4.69) is 34.5 Å². The Balaban J connectivity index is 1.55. The van der Waals surface area contributed by atoms with Gasteiger partial charge in [0.05, 0.1) is 18.8 Å². The Hall–Kier alpha value is -2.70. The van der Waals surface area contributed by atoms with Gasteiger partial charge in [-0.2, -0.15) is 0 Å². The second kappa shape index (κ2) is 10.6. The lowest BCUT2D eigenvalue weighted by Gasteiger charge is -2.26. The normalized spacial score (nSPS) is 14.8. The van der Waals surface area contributed by atoms with E-state index in [0.717, 1.165) is 38.4 Å². The van der Waals surface area contributed by atoms with Crippen LogP contribution in [0.25, 0.3) is 0 Å². The molecule has 0 spiro atoms. The number of benzene rings is 2. The lowest BCUT2D eigenvalue weighted by Crippen LogP contribution is -2.35.